The van der Waals surface area contributed by atoms with Crippen molar-refractivity contribution in [1.29, 1.82) is 0 Å². The van der Waals surface area contributed by atoms with Crippen molar-refractivity contribution in [2.24, 2.45) is 0 Å². The van der Waals surface area contributed by atoms with Crippen molar-refractivity contribution in [1.82, 2.24) is 19.9 Å². The molecule has 4 rings (SSSR count). The second-order valence-electron chi connectivity index (χ2n) is 7.18. The Morgan fingerprint density at radius 1 is 1.20 bits per heavy atom. The lowest BCUT2D eigenvalue weighted by Gasteiger charge is -2.34. The van der Waals surface area contributed by atoms with Gasteiger partial charge in [-0.1, -0.05) is 0 Å². The number of carbonyl (C=O) groups excluding carboxylic acids is 2. The first-order valence-electron chi connectivity index (χ1n) is 10.2. The first-order valence-corrected chi connectivity index (χ1v) is 10.2. The third-order valence-electron chi connectivity index (χ3n) is 5.22. The summed E-state index contributed by atoms with van der Waals surface area (Å²) in [6.45, 7) is 5.61. The maximum atomic E-state index is 12.6. The van der Waals surface area contributed by atoms with Gasteiger partial charge in [-0.15, -0.1) is 0 Å². The summed E-state index contributed by atoms with van der Waals surface area (Å²) < 4.78 is 10.4. The average Bonchev–Trinajstić information content (AvgIpc) is 2.79. The lowest BCUT2D eigenvalue weighted by atomic mass is 10.0. The maximum absolute atomic E-state index is 12.6. The first-order chi connectivity index (χ1) is 14.7. The molecule has 2 aliphatic heterocycles. The van der Waals surface area contributed by atoms with Crippen LogP contribution in [0.1, 0.15) is 24.6 Å². The Hall–Kier alpha value is -3.07. The highest BCUT2D eigenvalue weighted by molar-refractivity contribution is 5.94. The van der Waals surface area contributed by atoms with Crippen molar-refractivity contribution >= 4 is 17.7 Å². The number of carbonyl (C=O) groups is 2. The molecule has 1 fully saturated rings. The predicted molar refractivity (Wildman–Crippen MR) is 109 cm³/mol. The van der Waals surface area contributed by atoms with E-state index in [1.54, 1.807) is 24.2 Å². The fraction of sp³-hybridized carbons (Fsp3) is 0.476. The van der Waals surface area contributed by atoms with Gasteiger partial charge in [-0.05, 0) is 19.1 Å². The molecule has 158 valence electrons. The van der Waals surface area contributed by atoms with E-state index in [1.165, 1.54) is 0 Å². The van der Waals surface area contributed by atoms with E-state index in [4.69, 9.17) is 19.4 Å². The third kappa shape index (κ3) is 4.40. The zero-order chi connectivity index (χ0) is 20.9. The zero-order valence-electron chi connectivity index (χ0n) is 17.0. The number of nitrogens with zero attached hydrogens (tertiary/aromatic N) is 5. The number of ether oxygens (including phenoxy) is 2. The van der Waals surface area contributed by atoms with E-state index in [1.807, 2.05) is 12.1 Å². The summed E-state index contributed by atoms with van der Waals surface area (Å²) in [5, 5.41) is 0. The van der Waals surface area contributed by atoms with Crippen molar-refractivity contribution in [3.8, 4) is 11.4 Å². The lowest BCUT2D eigenvalue weighted by Crippen LogP contribution is -2.41. The number of rotatable bonds is 5. The lowest BCUT2D eigenvalue weighted by molar-refractivity contribution is -0.148. The van der Waals surface area contributed by atoms with E-state index >= 15 is 0 Å². The van der Waals surface area contributed by atoms with Crippen LogP contribution >= 0.6 is 0 Å². The smallest absolute Gasteiger partial charge is 0.315 e. The van der Waals surface area contributed by atoms with E-state index in [0.717, 1.165) is 35.7 Å². The average molecular weight is 411 g/mol. The molecule has 0 N–H and O–H groups in total. The van der Waals surface area contributed by atoms with Crippen molar-refractivity contribution in [3.05, 3.63) is 35.8 Å². The molecule has 30 heavy (non-hydrogen) atoms. The van der Waals surface area contributed by atoms with Gasteiger partial charge in [0.2, 0.25) is 5.91 Å². The van der Waals surface area contributed by atoms with Crippen LogP contribution in [0.25, 0.3) is 11.4 Å². The van der Waals surface area contributed by atoms with E-state index in [9.17, 15) is 9.59 Å². The molecule has 2 aromatic rings. The molecule has 2 aliphatic rings. The summed E-state index contributed by atoms with van der Waals surface area (Å²) in [6.07, 6.45) is 3.84. The largest absolute Gasteiger partial charge is 0.466 e. The van der Waals surface area contributed by atoms with Gasteiger partial charge in [-0.25, -0.2) is 9.97 Å². The van der Waals surface area contributed by atoms with Crippen LogP contribution in [-0.2, 0) is 32.0 Å². The molecule has 9 nitrogen and oxygen atoms in total. The van der Waals surface area contributed by atoms with E-state index in [-0.39, 0.29) is 18.9 Å². The summed E-state index contributed by atoms with van der Waals surface area (Å²) in [7, 11) is 0. The highest BCUT2D eigenvalue weighted by Gasteiger charge is 2.29. The van der Waals surface area contributed by atoms with Crippen molar-refractivity contribution in [2.75, 3.05) is 44.4 Å². The minimum atomic E-state index is -0.495. The summed E-state index contributed by atoms with van der Waals surface area (Å²) >= 11 is 0. The van der Waals surface area contributed by atoms with Gasteiger partial charge in [0.15, 0.2) is 5.82 Å². The molecule has 0 aromatic carbocycles. The summed E-state index contributed by atoms with van der Waals surface area (Å²) in [4.78, 5) is 42.0. The number of anilines is 1. The molecule has 1 amide bonds. The third-order valence-corrected chi connectivity index (χ3v) is 5.22. The number of fused-ring (bicyclic) bond motifs is 1. The van der Waals surface area contributed by atoms with Gasteiger partial charge >= 0.3 is 5.97 Å². The molecule has 4 heterocycles. The second-order valence-corrected chi connectivity index (χ2v) is 7.18. The number of pyridine rings is 1. The van der Waals surface area contributed by atoms with Crippen LogP contribution in [-0.4, -0.2) is 71.2 Å². The van der Waals surface area contributed by atoms with Crippen molar-refractivity contribution in [3.63, 3.8) is 0 Å². The zero-order valence-corrected chi connectivity index (χ0v) is 17.0. The number of aromatic nitrogens is 3. The molecular formula is C21H25N5O4. The second kappa shape index (κ2) is 9.17. The Labute approximate surface area is 175 Å². The Bertz CT molecular complexity index is 915. The molecule has 0 atom stereocenters. The van der Waals surface area contributed by atoms with Gasteiger partial charge in [0.1, 0.15) is 12.2 Å². The molecule has 0 saturated carbocycles. The summed E-state index contributed by atoms with van der Waals surface area (Å²) in [5.74, 6) is 0.735. The Kier molecular flexibility index (Phi) is 6.18. The van der Waals surface area contributed by atoms with Gasteiger partial charge in [0.05, 0.1) is 32.1 Å². The van der Waals surface area contributed by atoms with Crippen molar-refractivity contribution < 1.29 is 19.1 Å². The Morgan fingerprint density at radius 3 is 2.77 bits per heavy atom. The van der Waals surface area contributed by atoms with Crippen molar-refractivity contribution in [2.45, 2.75) is 26.3 Å². The van der Waals surface area contributed by atoms with Crippen LogP contribution in [0.3, 0.4) is 0 Å². The van der Waals surface area contributed by atoms with E-state index < -0.39 is 5.97 Å². The predicted octanol–water partition coefficient (Wildman–Crippen LogP) is 1.21. The molecule has 2 aromatic heterocycles. The van der Waals surface area contributed by atoms with E-state index in [2.05, 4.69) is 9.88 Å². The molecule has 0 radical (unpaired) electrons. The Morgan fingerprint density at radius 2 is 2.03 bits per heavy atom. The molecule has 0 bridgehead atoms. The summed E-state index contributed by atoms with van der Waals surface area (Å²) in [5.41, 5.74) is 2.73. The van der Waals surface area contributed by atoms with Gasteiger partial charge in [-0.3, -0.25) is 14.6 Å². The monoisotopic (exact) mass is 411 g/mol. The van der Waals surface area contributed by atoms with Gasteiger partial charge in [-0.2, -0.15) is 0 Å². The topological polar surface area (TPSA) is 97.8 Å². The molecular weight excluding hydrogens is 386 g/mol. The SMILES string of the molecule is CCOC(=O)CC(=O)N1CCc2nc(-c3cccnc3)nc(N3CCOCC3)c2C1. The molecule has 9 heteroatoms. The van der Waals surface area contributed by atoms with Gasteiger partial charge < -0.3 is 19.3 Å². The Balaban J connectivity index is 1.64. The fourth-order valence-corrected chi connectivity index (χ4v) is 3.72. The van der Waals surface area contributed by atoms with Gasteiger partial charge in [0.25, 0.3) is 0 Å². The van der Waals surface area contributed by atoms with Crippen LogP contribution in [0.2, 0.25) is 0 Å². The van der Waals surface area contributed by atoms with Gasteiger partial charge in [0, 0.05) is 49.6 Å². The highest BCUT2D eigenvalue weighted by Crippen LogP contribution is 2.30. The minimum Gasteiger partial charge on any atom is -0.466 e. The van der Waals surface area contributed by atoms with Crippen LogP contribution < -0.4 is 4.90 Å². The quantitative estimate of drug-likeness (QED) is 0.535. The normalized spacial score (nSPS) is 16.2. The summed E-state index contributed by atoms with van der Waals surface area (Å²) in [6, 6.07) is 3.80. The molecule has 0 unspecified atom stereocenters. The standard InChI is InChI=1S/C21H25N5O4/c1-2-30-19(28)12-18(27)26-7-5-17-16(14-26)21(25-8-10-29-11-9-25)24-20(23-17)15-4-3-6-22-13-15/h3-4,6,13H,2,5,7-12,14H2,1H3. The first kappa shape index (κ1) is 20.2. The van der Waals surface area contributed by atoms with Crippen LogP contribution in [0, 0.1) is 0 Å². The number of morpholine rings is 1. The number of hydrogen-bond acceptors (Lipinski definition) is 8. The number of amides is 1. The minimum absolute atomic E-state index is 0.233. The molecule has 1 saturated heterocycles. The van der Waals surface area contributed by atoms with E-state index in [0.29, 0.717) is 38.5 Å². The number of esters is 1. The van der Waals surface area contributed by atoms with Crippen LogP contribution in [0.15, 0.2) is 24.5 Å². The van der Waals surface area contributed by atoms with Crippen LogP contribution in [0.4, 0.5) is 5.82 Å². The molecule has 0 aliphatic carbocycles. The maximum Gasteiger partial charge on any atom is 0.315 e. The number of hydrogen-bond donors (Lipinski definition) is 0. The van der Waals surface area contributed by atoms with Crippen LogP contribution in [0.5, 0.6) is 0 Å². The fourth-order valence-electron chi connectivity index (χ4n) is 3.72. The molecule has 0 spiro atoms. The highest BCUT2D eigenvalue weighted by atomic mass is 16.5.